The summed E-state index contributed by atoms with van der Waals surface area (Å²) in [5, 5.41) is 0. The van der Waals surface area contributed by atoms with E-state index in [1.54, 1.807) is 20.3 Å². The lowest BCUT2D eigenvalue weighted by Crippen LogP contribution is -2.23. The van der Waals surface area contributed by atoms with E-state index in [1.165, 1.54) is 0 Å². The molecule has 1 aromatic carbocycles. The summed E-state index contributed by atoms with van der Waals surface area (Å²) < 4.78 is 11.2. The van der Waals surface area contributed by atoms with Crippen molar-refractivity contribution in [2.45, 2.75) is 57.4 Å². The molecule has 1 saturated carbocycles. The number of methoxy groups -OCH3 is 2. The van der Waals surface area contributed by atoms with Gasteiger partial charge in [0.2, 0.25) is 6.08 Å². The molecule has 0 aliphatic heterocycles. The van der Waals surface area contributed by atoms with Crippen LogP contribution in [0, 0.1) is 0 Å². The molecule has 0 aromatic heterocycles. The third-order valence-electron chi connectivity index (χ3n) is 4.50. The lowest BCUT2D eigenvalue weighted by atomic mass is 9.80. The Kier molecular flexibility index (Phi) is 4.62. The Morgan fingerprint density at radius 2 is 1.77 bits per heavy atom. The molecule has 1 aliphatic rings. The first-order chi connectivity index (χ1) is 10.4. The molecule has 0 unspecified atom stereocenters. The van der Waals surface area contributed by atoms with Crippen LogP contribution in [-0.4, -0.2) is 20.3 Å². The maximum absolute atomic E-state index is 11.0. The minimum atomic E-state index is -0.526. The minimum absolute atomic E-state index is 0.0979. The Balaban J connectivity index is 2.76. The van der Waals surface area contributed by atoms with Crippen LogP contribution in [0.1, 0.15) is 57.6 Å². The third-order valence-corrected chi connectivity index (χ3v) is 4.50. The van der Waals surface area contributed by atoms with Gasteiger partial charge in [-0.25, -0.2) is 4.79 Å². The average molecular weight is 303 g/mol. The molecule has 0 heterocycles. The topological polar surface area (TPSA) is 47.9 Å². The highest BCUT2D eigenvalue weighted by Crippen LogP contribution is 2.49. The Hall–Kier alpha value is -1.80. The molecule has 4 nitrogen and oxygen atoms in total. The van der Waals surface area contributed by atoms with Crippen molar-refractivity contribution in [2.75, 3.05) is 14.2 Å². The zero-order chi connectivity index (χ0) is 16.4. The van der Waals surface area contributed by atoms with Crippen molar-refractivity contribution in [1.82, 2.24) is 0 Å². The van der Waals surface area contributed by atoms with Gasteiger partial charge in [-0.1, -0.05) is 33.6 Å². The maximum Gasteiger partial charge on any atom is 0.235 e. The van der Waals surface area contributed by atoms with Crippen LogP contribution in [0.25, 0.3) is 0 Å². The summed E-state index contributed by atoms with van der Waals surface area (Å²) in [6, 6.07) is 3.97. The summed E-state index contributed by atoms with van der Waals surface area (Å²) in [7, 11) is 3.33. The molecule has 0 spiro atoms. The Labute approximate surface area is 132 Å². The first-order valence-corrected chi connectivity index (χ1v) is 7.74. The molecule has 0 radical (unpaired) electrons. The van der Waals surface area contributed by atoms with Gasteiger partial charge < -0.3 is 9.47 Å². The van der Waals surface area contributed by atoms with E-state index in [4.69, 9.17) is 9.47 Å². The van der Waals surface area contributed by atoms with Crippen LogP contribution in [0.15, 0.2) is 17.1 Å². The summed E-state index contributed by atoms with van der Waals surface area (Å²) in [6.45, 7) is 6.41. The van der Waals surface area contributed by atoms with Gasteiger partial charge in [-0.15, -0.1) is 0 Å². The van der Waals surface area contributed by atoms with Gasteiger partial charge in [-0.2, -0.15) is 4.99 Å². The predicted octanol–water partition coefficient (Wildman–Crippen LogP) is 4.11. The minimum Gasteiger partial charge on any atom is -0.497 e. The van der Waals surface area contributed by atoms with E-state index in [0.29, 0.717) is 0 Å². The van der Waals surface area contributed by atoms with Crippen molar-refractivity contribution in [3.63, 3.8) is 0 Å². The van der Waals surface area contributed by atoms with E-state index in [-0.39, 0.29) is 5.41 Å². The van der Waals surface area contributed by atoms with Crippen molar-refractivity contribution >= 4 is 6.08 Å². The normalized spacial score (nSPS) is 17.0. The van der Waals surface area contributed by atoms with Gasteiger partial charge in [-0.05, 0) is 30.4 Å². The highest BCUT2D eigenvalue weighted by Gasteiger charge is 2.40. The number of isocyanates is 1. The number of carbonyl (C=O) groups excluding carboxylic acids is 1. The fourth-order valence-corrected chi connectivity index (χ4v) is 3.33. The smallest absolute Gasteiger partial charge is 0.235 e. The molecule has 4 heteroatoms. The van der Waals surface area contributed by atoms with E-state index >= 15 is 0 Å². The largest absolute Gasteiger partial charge is 0.497 e. The summed E-state index contributed by atoms with van der Waals surface area (Å²) in [5.74, 6) is 1.59. The molecule has 1 aromatic rings. The molecule has 22 heavy (non-hydrogen) atoms. The van der Waals surface area contributed by atoms with E-state index in [9.17, 15) is 4.79 Å². The Morgan fingerprint density at radius 1 is 1.14 bits per heavy atom. The second-order valence-corrected chi connectivity index (χ2v) is 6.95. The van der Waals surface area contributed by atoms with Crippen LogP contribution in [0.5, 0.6) is 11.5 Å². The van der Waals surface area contributed by atoms with Crippen LogP contribution in [-0.2, 0) is 15.7 Å². The molecule has 0 saturated heterocycles. The number of hydrogen-bond donors (Lipinski definition) is 0. The lowest BCUT2D eigenvalue weighted by Gasteiger charge is -2.30. The van der Waals surface area contributed by atoms with Gasteiger partial charge in [0.15, 0.2) is 0 Å². The van der Waals surface area contributed by atoms with E-state index < -0.39 is 5.54 Å². The highest BCUT2D eigenvalue weighted by atomic mass is 16.5. The average Bonchev–Trinajstić information content (AvgIpc) is 2.95. The molecule has 2 rings (SSSR count). The summed E-state index contributed by atoms with van der Waals surface area (Å²) >= 11 is 0. The fourth-order valence-electron chi connectivity index (χ4n) is 3.33. The van der Waals surface area contributed by atoms with Crippen LogP contribution in [0.3, 0.4) is 0 Å². The quantitative estimate of drug-likeness (QED) is 0.621. The maximum atomic E-state index is 11.0. The summed E-state index contributed by atoms with van der Waals surface area (Å²) in [4.78, 5) is 15.2. The molecule has 120 valence electrons. The van der Waals surface area contributed by atoms with Gasteiger partial charge in [0.25, 0.3) is 0 Å². The van der Waals surface area contributed by atoms with Crippen LogP contribution < -0.4 is 9.47 Å². The zero-order valence-corrected chi connectivity index (χ0v) is 14.2. The number of nitrogens with zero attached hydrogens (tertiary/aromatic N) is 1. The van der Waals surface area contributed by atoms with Gasteiger partial charge in [-0.3, -0.25) is 0 Å². The van der Waals surface area contributed by atoms with Crippen molar-refractivity contribution in [3.05, 3.63) is 23.3 Å². The zero-order valence-electron chi connectivity index (χ0n) is 14.2. The lowest BCUT2D eigenvalue weighted by molar-refractivity contribution is 0.359. The molecule has 0 amide bonds. The van der Waals surface area contributed by atoms with Crippen LogP contribution >= 0.6 is 0 Å². The first kappa shape index (κ1) is 16.6. The van der Waals surface area contributed by atoms with Crippen molar-refractivity contribution < 1.29 is 14.3 Å². The van der Waals surface area contributed by atoms with E-state index in [1.807, 2.05) is 12.1 Å². The fraction of sp³-hybridized carbons (Fsp3) is 0.611. The number of ether oxygens (including phenoxy) is 2. The molecule has 1 aliphatic carbocycles. The standard InChI is InChI=1S/C18H25NO3/c1-17(2,3)14-10-13(21-4)11-15(16(14)22-5)18(19-12-20)8-6-7-9-18/h10-11H,6-9H2,1-5H3. The molecule has 1 fully saturated rings. The van der Waals surface area contributed by atoms with E-state index in [2.05, 4.69) is 25.8 Å². The van der Waals surface area contributed by atoms with Crippen molar-refractivity contribution in [1.29, 1.82) is 0 Å². The van der Waals surface area contributed by atoms with E-state index in [0.717, 1.165) is 48.3 Å². The Bertz CT molecular complexity index is 589. The summed E-state index contributed by atoms with van der Waals surface area (Å²) in [5.41, 5.74) is 1.39. The highest BCUT2D eigenvalue weighted by molar-refractivity contribution is 5.54. The molecule has 0 atom stereocenters. The monoisotopic (exact) mass is 303 g/mol. The SMILES string of the molecule is COc1cc(C(C)(C)C)c(OC)c(C2(N=C=O)CCCC2)c1. The van der Waals surface area contributed by atoms with Gasteiger partial charge in [0.1, 0.15) is 17.0 Å². The van der Waals surface area contributed by atoms with Gasteiger partial charge in [0, 0.05) is 11.1 Å². The van der Waals surface area contributed by atoms with Crippen LogP contribution in [0.4, 0.5) is 0 Å². The number of benzene rings is 1. The van der Waals surface area contributed by atoms with Crippen LogP contribution in [0.2, 0.25) is 0 Å². The number of aliphatic imine (C=N–C) groups is 1. The number of hydrogen-bond acceptors (Lipinski definition) is 4. The number of rotatable bonds is 4. The van der Waals surface area contributed by atoms with Gasteiger partial charge in [0.05, 0.1) is 14.2 Å². The Morgan fingerprint density at radius 3 is 2.23 bits per heavy atom. The van der Waals surface area contributed by atoms with Crippen molar-refractivity contribution in [3.8, 4) is 11.5 Å². The molecule has 0 N–H and O–H groups in total. The van der Waals surface area contributed by atoms with Gasteiger partial charge >= 0.3 is 0 Å². The second kappa shape index (κ2) is 6.13. The first-order valence-electron chi connectivity index (χ1n) is 7.74. The molecular weight excluding hydrogens is 278 g/mol. The molecule has 0 bridgehead atoms. The van der Waals surface area contributed by atoms with Crippen molar-refractivity contribution in [2.24, 2.45) is 4.99 Å². The predicted molar refractivity (Wildman–Crippen MR) is 86.5 cm³/mol. The second-order valence-electron chi connectivity index (χ2n) is 6.95. The third kappa shape index (κ3) is 2.89. The molecular formula is C18H25NO3. The summed E-state index contributed by atoms with van der Waals surface area (Å²) in [6.07, 6.45) is 5.56.